The SMILES string of the molecule is Cc1[nH]c2ccccc2c1C(=O)C(=O)Nc1nncs1. The monoisotopic (exact) mass is 286 g/mol. The molecule has 6 nitrogen and oxygen atoms in total. The van der Waals surface area contributed by atoms with Gasteiger partial charge < -0.3 is 4.98 Å². The maximum atomic E-state index is 12.3. The van der Waals surface area contributed by atoms with Crippen molar-refractivity contribution < 1.29 is 9.59 Å². The molecule has 2 heterocycles. The predicted molar refractivity (Wildman–Crippen MR) is 75.9 cm³/mol. The third-order valence-electron chi connectivity index (χ3n) is 2.91. The van der Waals surface area contributed by atoms with Gasteiger partial charge in [-0.3, -0.25) is 14.9 Å². The summed E-state index contributed by atoms with van der Waals surface area (Å²) < 4.78 is 0. The van der Waals surface area contributed by atoms with Gasteiger partial charge in [-0.1, -0.05) is 29.5 Å². The molecule has 2 N–H and O–H groups in total. The molecule has 0 aliphatic carbocycles. The number of benzene rings is 1. The molecule has 1 amide bonds. The molecule has 0 atom stereocenters. The number of carbonyl (C=O) groups excluding carboxylic acids is 2. The van der Waals surface area contributed by atoms with Crippen molar-refractivity contribution in [1.29, 1.82) is 0 Å². The van der Waals surface area contributed by atoms with Crippen LogP contribution < -0.4 is 5.32 Å². The summed E-state index contributed by atoms with van der Waals surface area (Å²) in [6.45, 7) is 1.77. The average molecular weight is 286 g/mol. The number of carbonyl (C=O) groups is 2. The largest absolute Gasteiger partial charge is 0.358 e. The maximum absolute atomic E-state index is 12.3. The lowest BCUT2D eigenvalue weighted by molar-refractivity contribution is -0.112. The maximum Gasteiger partial charge on any atom is 0.298 e. The van der Waals surface area contributed by atoms with Crippen LogP contribution in [0.5, 0.6) is 0 Å². The van der Waals surface area contributed by atoms with E-state index < -0.39 is 11.7 Å². The van der Waals surface area contributed by atoms with Gasteiger partial charge in [-0.15, -0.1) is 10.2 Å². The number of nitrogens with zero attached hydrogens (tertiary/aromatic N) is 2. The molecule has 20 heavy (non-hydrogen) atoms. The number of amides is 1. The Hall–Kier alpha value is -2.54. The molecule has 1 aromatic carbocycles. The van der Waals surface area contributed by atoms with Crippen LogP contribution in [0.1, 0.15) is 16.1 Å². The second kappa shape index (κ2) is 4.86. The van der Waals surface area contributed by atoms with E-state index in [0.717, 1.165) is 22.2 Å². The minimum absolute atomic E-state index is 0.306. The highest BCUT2D eigenvalue weighted by Crippen LogP contribution is 2.22. The molecule has 0 saturated heterocycles. The van der Waals surface area contributed by atoms with E-state index in [1.807, 2.05) is 24.3 Å². The molecular formula is C13H10N4O2S. The third kappa shape index (κ3) is 2.08. The highest BCUT2D eigenvalue weighted by atomic mass is 32.1. The van der Waals surface area contributed by atoms with Gasteiger partial charge in [-0.2, -0.15) is 0 Å². The average Bonchev–Trinajstić information content (AvgIpc) is 3.04. The zero-order chi connectivity index (χ0) is 14.1. The minimum atomic E-state index is -0.713. The van der Waals surface area contributed by atoms with Crippen LogP contribution in [0.15, 0.2) is 29.8 Å². The fraction of sp³-hybridized carbons (Fsp3) is 0.0769. The van der Waals surface area contributed by atoms with Gasteiger partial charge in [0.1, 0.15) is 5.51 Å². The number of Topliss-reactive ketones (excluding diaryl/α,β-unsaturated/α-hetero) is 1. The highest BCUT2D eigenvalue weighted by molar-refractivity contribution is 7.13. The fourth-order valence-electron chi connectivity index (χ4n) is 2.06. The first-order chi connectivity index (χ1) is 9.66. The molecule has 100 valence electrons. The van der Waals surface area contributed by atoms with Crippen LogP contribution in [0, 0.1) is 6.92 Å². The third-order valence-corrected chi connectivity index (χ3v) is 3.51. The fourth-order valence-corrected chi connectivity index (χ4v) is 2.50. The molecule has 0 spiro atoms. The lowest BCUT2D eigenvalue weighted by atomic mass is 10.1. The van der Waals surface area contributed by atoms with E-state index in [1.165, 1.54) is 5.51 Å². The van der Waals surface area contributed by atoms with E-state index in [4.69, 9.17) is 0 Å². The van der Waals surface area contributed by atoms with Gasteiger partial charge in [0, 0.05) is 16.6 Å². The molecule has 0 radical (unpaired) electrons. The molecule has 3 aromatic rings. The van der Waals surface area contributed by atoms with E-state index >= 15 is 0 Å². The summed E-state index contributed by atoms with van der Waals surface area (Å²) in [5.41, 5.74) is 3.38. The Morgan fingerprint density at radius 2 is 2.10 bits per heavy atom. The summed E-state index contributed by atoms with van der Waals surface area (Å²) in [4.78, 5) is 27.4. The number of hydrogen-bond donors (Lipinski definition) is 2. The van der Waals surface area contributed by atoms with Crippen LogP contribution in [0.25, 0.3) is 10.9 Å². The Morgan fingerprint density at radius 3 is 2.85 bits per heavy atom. The lowest BCUT2D eigenvalue weighted by Crippen LogP contribution is -2.23. The summed E-state index contributed by atoms with van der Waals surface area (Å²) in [5, 5.41) is 10.8. The van der Waals surface area contributed by atoms with Crippen molar-refractivity contribution in [2.45, 2.75) is 6.92 Å². The number of para-hydroxylation sites is 1. The van der Waals surface area contributed by atoms with E-state index in [9.17, 15) is 9.59 Å². The van der Waals surface area contributed by atoms with Crippen molar-refractivity contribution in [3.8, 4) is 0 Å². The predicted octanol–water partition coefficient (Wildman–Crippen LogP) is 2.15. The number of aromatic nitrogens is 3. The van der Waals surface area contributed by atoms with Crippen molar-refractivity contribution in [3.05, 3.63) is 41.0 Å². The van der Waals surface area contributed by atoms with Crippen LogP contribution >= 0.6 is 11.3 Å². The molecule has 0 unspecified atom stereocenters. The smallest absolute Gasteiger partial charge is 0.298 e. The van der Waals surface area contributed by atoms with Crippen molar-refractivity contribution >= 4 is 39.1 Å². The van der Waals surface area contributed by atoms with Gasteiger partial charge in [0.15, 0.2) is 0 Å². The molecule has 0 aliphatic heterocycles. The normalized spacial score (nSPS) is 10.7. The lowest BCUT2D eigenvalue weighted by Gasteiger charge is -2.01. The summed E-state index contributed by atoms with van der Waals surface area (Å²) in [7, 11) is 0. The van der Waals surface area contributed by atoms with Gasteiger partial charge in [0.2, 0.25) is 5.13 Å². The molecular weight excluding hydrogens is 276 g/mol. The quantitative estimate of drug-likeness (QED) is 0.570. The zero-order valence-electron chi connectivity index (χ0n) is 10.5. The Morgan fingerprint density at radius 1 is 1.30 bits per heavy atom. The molecule has 2 aromatic heterocycles. The Bertz CT molecular complexity index is 792. The number of nitrogens with one attached hydrogen (secondary N) is 2. The summed E-state index contributed by atoms with van der Waals surface area (Å²) in [5.74, 6) is -1.30. The Kier molecular flexibility index (Phi) is 3.03. The van der Waals surface area contributed by atoms with E-state index in [0.29, 0.717) is 16.4 Å². The Labute approximate surface area is 117 Å². The molecule has 0 bridgehead atoms. The highest BCUT2D eigenvalue weighted by Gasteiger charge is 2.23. The van der Waals surface area contributed by atoms with Gasteiger partial charge in [-0.05, 0) is 13.0 Å². The number of aryl methyl sites for hydroxylation is 1. The molecule has 0 aliphatic rings. The first kappa shape index (κ1) is 12.5. The van der Waals surface area contributed by atoms with Crippen LogP contribution in [-0.2, 0) is 4.79 Å². The van der Waals surface area contributed by atoms with E-state index in [1.54, 1.807) is 6.92 Å². The standard InChI is InChI=1S/C13H10N4O2S/c1-7-10(8-4-2-3-5-9(8)15-7)11(18)12(19)16-13-17-14-6-20-13/h2-6,15H,1H3,(H,16,17,19). The van der Waals surface area contributed by atoms with Crippen molar-refractivity contribution in [2.24, 2.45) is 0 Å². The first-order valence-corrected chi connectivity index (χ1v) is 6.74. The van der Waals surface area contributed by atoms with Crippen molar-refractivity contribution in [1.82, 2.24) is 15.2 Å². The number of fused-ring (bicyclic) bond motifs is 1. The zero-order valence-corrected chi connectivity index (χ0v) is 11.3. The summed E-state index contributed by atoms with van der Waals surface area (Å²) >= 11 is 1.16. The van der Waals surface area contributed by atoms with E-state index in [-0.39, 0.29) is 0 Å². The number of H-pyrrole nitrogens is 1. The van der Waals surface area contributed by atoms with Gasteiger partial charge in [0.05, 0.1) is 5.56 Å². The first-order valence-electron chi connectivity index (χ1n) is 5.86. The molecule has 0 fully saturated rings. The van der Waals surface area contributed by atoms with Crippen LogP contribution in [0.2, 0.25) is 0 Å². The van der Waals surface area contributed by atoms with Crippen LogP contribution in [-0.4, -0.2) is 26.9 Å². The minimum Gasteiger partial charge on any atom is -0.358 e. The van der Waals surface area contributed by atoms with Crippen LogP contribution in [0.4, 0.5) is 5.13 Å². The second-order valence-electron chi connectivity index (χ2n) is 4.20. The topological polar surface area (TPSA) is 87.7 Å². The Balaban J connectivity index is 1.96. The van der Waals surface area contributed by atoms with Gasteiger partial charge in [0.25, 0.3) is 11.7 Å². The van der Waals surface area contributed by atoms with Crippen molar-refractivity contribution in [2.75, 3.05) is 5.32 Å². The molecule has 0 saturated carbocycles. The van der Waals surface area contributed by atoms with Gasteiger partial charge in [-0.25, -0.2) is 0 Å². The summed E-state index contributed by atoms with van der Waals surface area (Å²) in [6.07, 6.45) is 0. The number of aromatic amines is 1. The number of rotatable bonds is 3. The molecule has 3 rings (SSSR count). The van der Waals surface area contributed by atoms with Crippen molar-refractivity contribution in [3.63, 3.8) is 0 Å². The second-order valence-corrected chi connectivity index (χ2v) is 5.03. The number of hydrogen-bond acceptors (Lipinski definition) is 5. The number of ketones is 1. The van der Waals surface area contributed by atoms with Crippen LogP contribution in [0.3, 0.4) is 0 Å². The summed E-state index contributed by atoms with van der Waals surface area (Å²) in [6, 6.07) is 7.37. The van der Waals surface area contributed by atoms with E-state index in [2.05, 4.69) is 20.5 Å². The number of anilines is 1. The molecule has 7 heteroatoms. The van der Waals surface area contributed by atoms with Gasteiger partial charge >= 0.3 is 0 Å².